The summed E-state index contributed by atoms with van der Waals surface area (Å²) >= 11 is 0. The lowest BCUT2D eigenvalue weighted by Gasteiger charge is -2.11. The topological polar surface area (TPSA) is 34.2 Å². The van der Waals surface area contributed by atoms with Gasteiger partial charge in [0.1, 0.15) is 17.3 Å². The van der Waals surface area contributed by atoms with E-state index in [2.05, 4.69) is 17.2 Å². The molecular weight excluding hydrogens is 243 g/mol. The number of aromatic nitrogens is 1. The third kappa shape index (κ3) is 4.03. The number of hydrogen-bond acceptors (Lipinski definition) is 3. The van der Waals surface area contributed by atoms with Crippen LogP contribution in [0.5, 0.6) is 11.5 Å². The molecule has 0 aliphatic rings. The fourth-order valence-electron chi connectivity index (χ4n) is 1.70. The molecule has 1 aromatic carbocycles. The van der Waals surface area contributed by atoms with E-state index in [0.29, 0.717) is 18.0 Å². The highest BCUT2D eigenvalue weighted by Crippen LogP contribution is 2.24. The summed E-state index contributed by atoms with van der Waals surface area (Å²) in [6, 6.07) is 7.90. The molecule has 0 bridgehead atoms. The Bertz CT molecular complexity index is 531. The SMILES string of the molecule is CCCNCc1cnccc1Oc1cccc(F)c1. The van der Waals surface area contributed by atoms with E-state index in [1.54, 1.807) is 30.6 Å². The van der Waals surface area contributed by atoms with Gasteiger partial charge in [0.25, 0.3) is 0 Å². The van der Waals surface area contributed by atoms with Crippen LogP contribution >= 0.6 is 0 Å². The summed E-state index contributed by atoms with van der Waals surface area (Å²) < 4.78 is 18.8. The van der Waals surface area contributed by atoms with Crippen molar-refractivity contribution in [3.05, 3.63) is 54.1 Å². The first-order valence-electron chi connectivity index (χ1n) is 6.36. The third-order valence-electron chi connectivity index (χ3n) is 2.62. The van der Waals surface area contributed by atoms with Crippen LogP contribution in [0.3, 0.4) is 0 Å². The summed E-state index contributed by atoms with van der Waals surface area (Å²) in [5, 5.41) is 3.29. The van der Waals surface area contributed by atoms with E-state index in [9.17, 15) is 4.39 Å². The predicted octanol–water partition coefficient (Wildman–Crippen LogP) is 3.51. The van der Waals surface area contributed by atoms with Gasteiger partial charge in [0.2, 0.25) is 0 Å². The number of hydrogen-bond donors (Lipinski definition) is 1. The second-order valence-corrected chi connectivity index (χ2v) is 4.22. The Labute approximate surface area is 112 Å². The van der Waals surface area contributed by atoms with Gasteiger partial charge in [0.15, 0.2) is 0 Å². The maximum absolute atomic E-state index is 13.1. The Morgan fingerprint density at radius 1 is 1.32 bits per heavy atom. The van der Waals surface area contributed by atoms with Crippen LogP contribution in [0.25, 0.3) is 0 Å². The number of pyridine rings is 1. The molecule has 1 N–H and O–H groups in total. The van der Waals surface area contributed by atoms with Crippen molar-refractivity contribution < 1.29 is 9.13 Å². The summed E-state index contributed by atoms with van der Waals surface area (Å²) in [7, 11) is 0. The fourth-order valence-corrected chi connectivity index (χ4v) is 1.70. The predicted molar refractivity (Wildman–Crippen MR) is 72.7 cm³/mol. The highest BCUT2D eigenvalue weighted by molar-refractivity contribution is 5.35. The number of rotatable bonds is 6. The lowest BCUT2D eigenvalue weighted by molar-refractivity contribution is 0.466. The zero-order valence-electron chi connectivity index (χ0n) is 10.9. The van der Waals surface area contributed by atoms with Crippen LogP contribution < -0.4 is 10.1 Å². The smallest absolute Gasteiger partial charge is 0.134 e. The number of ether oxygens (including phenoxy) is 1. The average molecular weight is 260 g/mol. The summed E-state index contributed by atoms with van der Waals surface area (Å²) in [5.74, 6) is 0.879. The van der Waals surface area contributed by atoms with E-state index >= 15 is 0 Å². The van der Waals surface area contributed by atoms with Gasteiger partial charge >= 0.3 is 0 Å². The van der Waals surface area contributed by atoms with Gasteiger partial charge in [-0.05, 0) is 31.2 Å². The first kappa shape index (κ1) is 13.5. The van der Waals surface area contributed by atoms with E-state index in [1.165, 1.54) is 12.1 Å². The number of nitrogens with zero attached hydrogens (tertiary/aromatic N) is 1. The molecule has 0 aliphatic heterocycles. The molecule has 0 atom stereocenters. The van der Waals surface area contributed by atoms with Crippen molar-refractivity contribution in [1.82, 2.24) is 10.3 Å². The minimum Gasteiger partial charge on any atom is -0.457 e. The van der Waals surface area contributed by atoms with E-state index < -0.39 is 0 Å². The normalized spacial score (nSPS) is 10.4. The van der Waals surface area contributed by atoms with Crippen LogP contribution in [0.1, 0.15) is 18.9 Å². The van der Waals surface area contributed by atoms with Crippen LogP contribution in [0.4, 0.5) is 4.39 Å². The highest BCUT2D eigenvalue weighted by atomic mass is 19.1. The maximum Gasteiger partial charge on any atom is 0.134 e. The monoisotopic (exact) mass is 260 g/mol. The third-order valence-corrected chi connectivity index (χ3v) is 2.62. The number of nitrogens with one attached hydrogen (secondary N) is 1. The maximum atomic E-state index is 13.1. The van der Waals surface area contributed by atoms with E-state index in [1.807, 2.05) is 0 Å². The minimum absolute atomic E-state index is 0.308. The summed E-state index contributed by atoms with van der Waals surface area (Å²) in [5.41, 5.74) is 0.959. The molecule has 19 heavy (non-hydrogen) atoms. The number of benzene rings is 1. The zero-order valence-corrected chi connectivity index (χ0v) is 10.9. The molecular formula is C15H17FN2O. The van der Waals surface area contributed by atoms with Crippen molar-refractivity contribution in [2.75, 3.05) is 6.54 Å². The molecule has 0 saturated carbocycles. The number of halogens is 1. The molecule has 100 valence electrons. The molecule has 0 amide bonds. The highest BCUT2D eigenvalue weighted by Gasteiger charge is 2.05. The lowest BCUT2D eigenvalue weighted by atomic mass is 10.2. The van der Waals surface area contributed by atoms with E-state index in [4.69, 9.17) is 4.74 Å². The molecule has 1 heterocycles. The Hall–Kier alpha value is -1.94. The molecule has 0 spiro atoms. The largest absolute Gasteiger partial charge is 0.457 e. The minimum atomic E-state index is -0.308. The van der Waals surface area contributed by atoms with Gasteiger partial charge < -0.3 is 10.1 Å². The van der Waals surface area contributed by atoms with E-state index in [0.717, 1.165) is 18.5 Å². The van der Waals surface area contributed by atoms with Crippen LogP contribution in [0, 0.1) is 5.82 Å². The molecule has 0 unspecified atom stereocenters. The van der Waals surface area contributed by atoms with Gasteiger partial charge in [-0.2, -0.15) is 0 Å². The average Bonchev–Trinajstić information content (AvgIpc) is 2.41. The van der Waals surface area contributed by atoms with Gasteiger partial charge in [-0.3, -0.25) is 4.98 Å². The van der Waals surface area contributed by atoms with Crippen molar-refractivity contribution in [3.8, 4) is 11.5 Å². The summed E-state index contributed by atoms with van der Waals surface area (Å²) in [4.78, 5) is 4.09. The quantitative estimate of drug-likeness (QED) is 0.807. The molecule has 4 heteroatoms. The molecule has 3 nitrogen and oxygen atoms in total. The molecule has 1 aromatic heterocycles. The van der Waals surface area contributed by atoms with Crippen molar-refractivity contribution in [1.29, 1.82) is 0 Å². The van der Waals surface area contributed by atoms with Gasteiger partial charge in [-0.1, -0.05) is 13.0 Å². The fraction of sp³-hybridized carbons (Fsp3) is 0.267. The first-order chi connectivity index (χ1) is 9.29. The second-order valence-electron chi connectivity index (χ2n) is 4.22. The van der Waals surface area contributed by atoms with Gasteiger partial charge in [0, 0.05) is 30.6 Å². The Morgan fingerprint density at radius 2 is 2.21 bits per heavy atom. The first-order valence-corrected chi connectivity index (χ1v) is 6.36. The molecule has 0 radical (unpaired) electrons. The van der Waals surface area contributed by atoms with Gasteiger partial charge in [-0.15, -0.1) is 0 Å². The molecule has 0 fully saturated rings. The second kappa shape index (κ2) is 6.85. The Kier molecular flexibility index (Phi) is 4.86. The van der Waals surface area contributed by atoms with Crippen LogP contribution in [-0.4, -0.2) is 11.5 Å². The van der Waals surface area contributed by atoms with Crippen molar-refractivity contribution in [3.63, 3.8) is 0 Å². The van der Waals surface area contributed by atoms with Crippen LogP contribution in [0.2, 0.25) is 0 Å². The van der Waals surface area contributed by atoms with Crippen molar-refractivity contribution >= 4 is 0 Å². The lowest BCUT2D eigenvalue weighted by Crippen LogP contribution is -2.14. The Morgan fingerprint density at radius 3 is 3.00 bits per heavy atom. The van der Waals surface area contributed by atoms with Crippen molar-refractivity contribution in [2.45, 2.75) is 19.9 Å². The summed E-state index contributed by atoms with van der Waals surface area (Å²) in [6.45, 7) is 3.74. The summed E-state index contributed by atoms with van der Waals surface area (Å²) in [6.07, 6.45) is 4.50. The molecule has 0 saturated heterocycles. The molecule has 0 aliphatic carbocycles. The molecule has 2 aromatic rings. The van der Waals surface area contributed by atoms with Gasteiger partial charge in [-0.25, -0.2) is 4.39 Å². The zero-order chi connectivity index (χ0) is 13.5. The standard InChI is InChI=1S/C15H17FN2O/c1-2-7-17-10-12-11-18-8-6-15(12)19-14-5-3-4-13(16)9-14/h3-6,8-9,11,17H,2,7,10H2,1H3. The molecule has 2 rings (SSSR count). The van der Waals surface area contributed by atoms with Crippen molar-refractivity contribution in [2.24, 2.45) is 0 Å². The van der Waals surface area contributed by atoms with Crippen LogP contribution in [0.15, 0.2) is 42.7 Å². The van der Waals surface area contributed by atoms with Gasteiger partial charge in [0.05, 0.1) is 0 Å². The Balaban J connectivity index is 2.11. The van der Waals surface area contributed by atoms with E-state index in [-0.39, 0.29) is 5.82 Å². The van der Waals surface area contributed by atoms with Crippen LogP contribution in [-0.2, 0) is 6.54 Å².